The molecule has 0 unspecified atom stereocenters. The first-order valence-corrected chi connectivity index (χ1v) is 10.5. The number of fused-ring (bicyclic) bond motifs is 2. The van der Waals surface area contributed by atoms with Gasteiger partial charge in [0, 0.05) is 37.3 Å². The Kier molecular flexibility index (Phi) is 4.29. The molecule has 0 spiro atoms. The molecular weight excluding hydrogens is 428 g/mol. The zero-order valence-corrected chi connectivity index (χ0v) is 17.5. The van der Waals surface area contributed by atoms with Crippen LogP contribution in [0.3, 0.4) is 0 Å². The van der Waals surface area contributed by atoms with Crippen LogP contribution in [0.5, 0.6) is 0 Å². The molecule has 1 atom stereocenters. The second-order valence-corrected chi connectivity index (χ2v) is 7.88. The number of H-pyrrole nitrogens is 1. The van der Waals surface area contributed by atoms with E-state index >= 15 is 0 Å². The van der Waals surface area contributed by atoms with Crippen LogP contribution in [0, 0.1) is 0 Å². The Balaban J connectivity index is 1.43. The number of pyridine rings is 2. The highest BCUT2D eigenvalue weighted by atomic mass is 35.5. The number of carbonyl (C=O) groups excluding carboxylic acids is 1. The van der Waals surface area contributed by atoms with Crippen molar-refractivity contribution in [3.63, 3.8) is 0 Å². The first kappa shape index (κ1) is 18.8. The second-order valence-electron chi connectivity index (χ2n) is 7.52. The van der Waals surface area contributed by atoms with Gasteiger partial charge in [0.15, 0.2) is 11.0 Å². The van der Waals surface area contributed by atoms with E-state index in [0.29, 0.717) is 24.3 Å². The average molecular weight is 445 g/mol. The highest BCUT2D eigenvalue weighted by molar-refractivity contribution is 6.32. The Morgan fingerprint density at radius 1 is 1.12 bits per heavy atom. The van der Waals surface area contributed by atoms with Gasteiger partial charge >= 0.3 is 0 Å². The number of aromatic amines is 1. The standard InChI is InChI=1S/C22H17ClN8O/c23-21-15(12-31(28-21)18-6-1-3-8-24-18)22(32)29-10-7-16-19(26-13-25-16)20(29)17-11-14-5-2-4-9-30(14)27-17/h1-6,8-9,11-13,20H,7,10H2,(H,25,26)/t20-/m0/s1. The van der Waals surface area contributed by atoms with Gasteiger partial charge in [0.2, 0.25) is 0 Å². The zero-order valence-electron chi connectivity index (χ0n) is 16.8. The number of hydrogen-bond donors (Lipinski definition) is 1. The number of nitrogens with zero attached hydrogens (tertiary/aromatic N) is 7. The minimum absolute atomic E-state index is 0.127. The van der Waals surface area contributed by atoms with E-state index in [1.807, 2.05) is 42.6 Å². The summed E-state index contributed by atoms with van der Waals surface area (Å²) in [5.74, 6) is 0.353. The molecule has 1 aliphatic rings. The van der Waals surface area contributed by atoms with Crippen LogP contribution in [-0.4, -0.2) is 51.7 Å². The molecule has 1 N–H and O–H groups in total. The molecule has 5 aromatic heterocycles. The number of aromatic nitrogens is 7. The quantitative estimate of drug-likeness (QED) is 0.461. The molecule has 0 saturated heterocycles. The van der Waals surface area contributed by atoms with Crippen molar-refractivity contribution < 1.29 is 4.79 Å². The lowest BCUT2D eigenvalue weighted by Gasteiger charge is -2.33. The van der Waals surface area contributed by atoms with Gasteiger partial charge in [-0.3, -0.25) is 4.79 Å². The first-order chi connectivity index (χ1) is 15.7. The van der Waals surface area contributed by atoms with Gasteiger partial charge in [-0.05, 0) is 30.3 Å². The molecule has 10 heteroatoms. The lowest BCUT2D eigenvalue weighted by molar-refractivity contribution is 0.0687. The Labute approximate surface area is 187 Å². The molecule has 0 aromatic carbocycles. The number of amides is 1. The molecule has 6 rings (SSSR count). The van der Waals surface area contributed by atoms with Crippen LogP contribution in [0.15, 0.2) is 67.4 Å². The van der Waals surface area contributed by atoms with Crippen molar-refractivity contribution >= 4 is 23.0 Å². The second kappa shape index (κ2) is 7.31. The number of hydrogen-bond acceptors (Lipinski definition) is 5. The fourth-order valence-corrected chi connectivity index (χ4v) is 4.36. The van der Waals surface area contributed by atoms with Gasteiger partial charge in [-0.15, -0.1) is 0 Å². The van der Waals surface area contributed by atoms with Crippen LogP contribution in [0.1, 0.15) is 33.5 Å². The van der Waals surface area contributed by atoms with Crippen molar-refractivity contribution in [1.29, 1.82) is 0 Å². The van der Waals surface area contributed by atoms with Crippen LogP contribution in [-0.2, 0) is 6.42 Å². The van der Waals surface area contributed by atoms with Crippen LogP contribution >= 0.6 is 11.6 Å². The summed E-state index contributed by atoms with van der Waals surface area (Å²) in [7, 11) is 0. The molecule has 0 saturated carbocycles. The van der Waals surface area contributed by atoms with Gasteiger partial charge in [-0.25, -0.2) is 19.2 Å². The van der Waals surface area contributed by atoms with Crippen molar-refractivity contribution in [2.24, 2.45) is 0 Å². The smallest absolute Gasteiger partial charge is 0.259 e. The van der Waals surface area contributed by atoms with E-state index in [1.165, 1.54) is 4.68 Å². The molecule has 5 aromatic rings. The molecule has 32 heavy (non-hydrogen) atoms. The van der Waals surface area contributed by atoms with Crippen molar-refractivity contribution in [2.75, 3.05) is 6.54 Å². The maximum absolute atomic E-state index is 13.7. The van der Waals surface area contributed by atoms with Gasteiger partial charge in [0.1, 0.15) is 6.04 Å². The molecule has 0 aliphatic carbocycles. The van der Waals surface area contributed by atoms with Gasteiger partial charge in [0.05, 0.1) is 28.8 Å². The third-order valence-corrected chi connectivity index (χ3v) is 5.92. The minimum Gasteiger partial charge on any atom is -0.348 e. The third-order valence-electron chi connectivity index (χ3n) is 5.64. The lowest BCUT2D eigenvalue weighted by Crippen LogP contribution is -2.41. The van der Waals surface area contributed by atoms with E-state index in [4.69, 9.17) is 16.7 Å². The van der Waals surface area contributed by atoms with Crippen LogP contribution in [0.25, 0.3) is 11.3 Å². The van der Waals surface area contributed by atoms with E-state index in [-0.39, 0.29) is 11.1 Å². The van der Waals surface area contributed by atoms with E-state index in [1.54, 1.807) is 34.2 Å². The van der Waals surface area contributed by atoms with E-state index in [2.05, 4.69) is 20.1 Å². The van der Waals surface area contributed by atoms with Gasteiger partial charge < -0.3 is 9.88 Å². The highest BCUT2D eigenvalue weighted by Gasteiger charge is 2.37. The molecular formula is C22H17ClN8O. The van der Waals surface area contributed by atoms with Crippen molar-refractivity contribution in [3.05, 3.63) is 95.2 Å². The summed E-state index contributed by atoms with van der Waals surface area (Å²) in [4.78, 5) is 27.4. The fraction of sp³-hybridized carbons (Fsp3) is 0.136. The van der Waals surface area contributed by atoms with E-state index < -0.39 is 6.04 Å². The Hall–Kier alpha value is -3.98. The Morgan fingerprint density at radius 3 is 2.88 bits per heavy atom. The van der Waals surface area contributed by atoms with Crippen LogP contribution in [0.4, 0.5) is 0 Å². The predicted octanol–water partition coefficient (Wildman–Crippen LogP) is 3.08. The summed E-state index contributed by atoms with van der Waals surface area (Å²) in [6.45, 7) is 0.498. The number of nitrogens with one attached hydrogen (secondary N) is 1. The summed E-state index contributed by atoms with van der Waals surface area (Å²) in [5, 5.41) is 9.14. The molecule has 1 aliphatic heterocycles. The molecule has 158 valence electrons. The number of halogens is 1. The lowest BCUT2D eigenvalue weighted by atomic mass is 9.99. The maximum atomic E-state index is 13.7. The summed E-state index contributed by atoms with van der Waals surface area (Å²) in [6, 6.07) is 12.9. The zero-order chi connectivity index (χ0) is 21.7. The number of rotatable bonds is 3. The van der Waals surface area contributed by atoms with Crippen molar-refractivity contribution in [2.45, 2.75) is 12.5 Å². The SMILES string of the molecule is O=C(c1cn(-c2ccccn2)nc1Cl)N1CCc2[nH]cnc2[C@@H]1c1cc2ccccn2n1. The molecule has 0 fully saturated rings. The summed E-state index contributed by atoms with van der Waals surface area (Å²) in [5.41, 5.74) is 3.79. The van der Waals surface area contributed by atoms with Crippen molar-refractivity contribution in [3.8, 4) is 5.82 Å². The molecule has 1 amide bonds. The molecule has 0 bridgehead atoms. The van der Waals surface area contributed by atoms with Gasteiger partial charge in [0.25, 0.3) is 5.91 Å². The third kappa shape index (κ3) is 2.97. The Bertz CT molecular complexity index is 1400. The summed E-state index contributed by atoms with van der Waals surface area (Å²) >= 11 is 6.40. The topological polar surface area (TPSA) is 97.0 Å². The Morgan fingerprint density at radius 2 is 2.03 bits per heavy atom. The number of imidazole rings is 1. The normalized spacial score (nSPS) is 15.8. The molecule has 9 nitrogen and oxygen atoms in total. The van der Waals surface area contributed by atoms with Crippen LogP contribution < -0.4 is 0 Å². The maximum Gasteiger partial charge on any atom is 0.259 e. The number of carbonyl (C=O) groups is 1. The van der Waals surface area contributed by atoms with Gasteiger partial charge in [-0.1, -0.05) is 23.7 Å². The molecule has 6 heterocycles. The van der Waals surface area contributed by atoms with Crippen LogP contribution in [0.2, 0.25) is 5.15 Å². The molecule has 0 radical (unpaired) electrons. The van der Waals surface area contributed by atoms with E-state index in [0.717, 1.165) is 22.6 Å². The largest absolute Gasteiger partial charge is 0.348 e. The van der Waals surface area contributed by atoms with Gasteiger partial charge in [-0.2, -0.15) is 10.2 Å². The predicted molar refractivity (Wildman–Crippen MR) is 117 cm³/mol. The average Bonchev–Trinajstić information content (AvgIpc) is 3.56. The van der Waals surface area contributed by atoms with E-state index in [9.17, 15) is 4.79 Å². The first-order valence-electron chi connectivity index (χ1n) is 10.1. The summed E-state index contributed by atoms with van der Waals surface area (Å²) in [6.07, 6.45) is 7.49. The monoisotopic (exact) mass is 444 g/mol. The van der Waals surface area contributed by atoms with Crippen molar-refractivity contribution in [1.82, 2.24) is 39.2 Å². The summed E-state index contributed by atoms with van der Waals surface area (Å²) < 4.78 is 3.31. The minimum atomic E-state index is -0.438. The highest BCUT2D eigenvalue weighted by Crippen LogP contribution is 2.35. The fourth-order valence-electron chi connectivity index (χ4n) is 4.14.